The number of thiophene rings is 1. The molecular formula is C16H16Cl2N2S. The van der Waals surface area contributed by atoms with E-state index in [1.54, 1.807) is 11.3 Å². The number of nitrogens with two attached hydrogens (primary N) is 1. The third kappa shape index (κ3) is 3.27. The Morgan fingerprint density at radius 1 is 1.24 bits per heavy atom. The molecule has 2 nitrogen and oxygen atoms in total. The summed E-state index contributed by atoms with van der Waals surface area (Å²) < 4.78 is 3.04. The maximum absolute atomic E-state index is 6.16. The Morgan fingerprint density at radius 2 is 2.05 bits per heavy atom. The van der Waals surface area contributed by atoms with Crippen LogP contribution in [0.2, 0.25) is 9.36 Å². The summed E-state index contributed by atoms with van der Waals surface area (Å²) in [6.07, 6.45) is 3.04. The minimum atomic E-state index is 0.135. The lowest BCUT2D eigenvalue weighted by Crippen LogP contribution is -2.17. The molecule has 3 aromatic rings. The van der Waals surface area contributed by atoms with Gasteiger partial charge in [-0.3, -0.25) is 0 Å². The summed E-state index contributed by atoms with van der Waals surface area (Å²) in [5, 5.41) is 1.97. The summed E-state index contributed by atoms with van der Waals surface area (Å²) in [6.45, 7) is 2.82. The van der Waals surface area contributed by atoms with Crippen molar-refractivity contribution in [3.63, 3.8) is 0 Å². The maximum atomic E-state index is 6.16. The lowest BCUT2D eigenvalue weighted by molar-refractivity contribution is 0.735. The topological polar surface area (TPSA) is 30.9 Å². The van der Waals surface area contributed by atoms with Gasteiger partial charge in [0.05, 0.1) is 16.4 Å². The van der Waals surface area contributed by atoms with Crippen molar-refractivity contribution >= 4 is 45.4 Å². The fourth-order valence-electron chi connectivity index (χ4n) is 2.59. The van der Waals surface area contributed by atoms with Crippen LogP contribution in [-0.4, -0.2) is 10.6 Å². The van der Waals surface area contributed by atoms with E-state index < -0.39 is 0 Å². The van der Waals surface area contributed by atoms with Crippen LogP contribution in [0.1, 0.15) is 17.4 Å². The number of halogens is 2. The van der Waals surface area contributed by atoms with Crippen molar-refractivity contribution in [1.29, 1.82) is 0 Å². The van der Waals surface area contributed by atoms with E-state index >= 15 is 0 Å². The molecule has 0 bridgehead atoms. The fraction of sp³-hybridized carbons (Fsp3) is 0.250. The van der Waals surface area contributed by atoms with Crippen molar-refractivity contribution in [3.8, 4) is 0 Å². The Kier molecular flexibility index (Phi) is 4.27. The molecule has 1 aromatic carbocycles. The van der Waals surface area contributed by atoms with Gasteiger partial charge in [-0.15, -0.1) is 11.3 Å². The highest BCUT2D eigenvalue weighted by Gasteiger charge is 2.11. The van der Waals surface area contributed by atoms with Gasteiger partial charge in [0.2, 0.25) is 0 Å². The molecule has 1 atom stereocenters. The lowest BCUT2D eigenvalue weighted by Gasteiger charge is -2.03. The Balaban J connectivity index is 2.06. The molecule has 0 fully saturated rings. The summed E-state index contributed by atoms with van der Waals surface area (Å²) in [5.41, 5.74) is 8.36. The van der Waals surface area contributed by atoms with E-state index in [2.05, 4.69) is 22.9 Å². The number of fused-ring (bicyclic) bond motifs is 1. The van der Waals surface area contributed by atoms with Gasteiger partial charge in [-0.2, -0.15) is 0 Å². The first kappa shape index (κ1) is 14.9. The maximum Gasteiger partial charge on any atom is 0.0931 e. The lowest BCUT2D eigenvalue weighted by atomic mass is 10.1. The monoisotopic (exact) mass is 338 g/mol. The third-order valence-corrected chi connectivity index (χ3v) is 4.87. The van der Waals surface area contributed by atoms with Gasteiger partial charge in [0, 0.05) is 27.5 Å². The molecule has 0 radical (unpaired) electrons. The third-order valence-electron chi connectivity index (χ3n) is 3.42. The zero-order chi connectivity index (χ0) is 15.0. The molecule has 0 spiro atoms. The summed E-state index contributed by atoms with van der Waals surface area (Å²) in [4.78, 5) is 1.23. The number of hydrogen-bond donors (Lipinski definition) is 1. The molecule has 0 aliphatic rings. The highest BCUT2D eigenvalue weighted by Crippen LogP contribution is 2.28. The number of nitrogens with zero attached hydrogens (tertiary/aromatic N) is 1. The first-order chi connectivity index (χ1) is 10.0. The van der Waals surface area contributed by atoms with E-state index in [1.807, 2.05) is 25.1 Å². The zero-order valence-electron chi connectivity index (χ0n) is 11.6. The van der Waals surface area contributed by atoms with Crippen LogP contribution in [0.25, 0.3) is 10.9 Å². The Labute approximate surface area is 138 Å². The molecule has 2 heterocycles. The normalized spacial score (nSPS) is 13.0. The number of rotatable bonds is 4. The molecule has 3 rings (SSSR count). The molecule has 1 unspecified atom stereocenters. The van der Waals surface area contributed by atoms with E-state index in [-0.39, 0.29) is 6.04 Å². The van der Waals surface area contributed by atoms with Crippen molar-refractivity contribution in [3.05, 3.63) is 56.3 Å². The highest BCUT2D eigenvalue weighted by atomic mass is 35.5. The van der Waals surface area contributed by atoms with Crippen LogP contribution in [0.3, 0.4) is 0 Å². The van der Waals surface area contributed by atoms with Gasteiger partial charge < -0.3 is 10.3 Å². The molecule has 2 N–H and O–H groups in total. The summed E-state index contributed by atoms with van der Waals surface area (Å²) >= 11 is 13.8. The number of aromatic nitrogens is 1. The van der Waals surface area contributed by atoms with Crippen LogP contribution in [0.15, 0.2) is 36.5 Å². The first-order valence-corrected chi connectivity index (χ1v) is 8.37. The molecular weight excluding hydrogens is 323 g/mol. The van der Waals surface area contributed by atoms with E-state index in [0.29, 0.717) is 0 Å². The van der Waals surface area contributed by atoms with E-state index in [0.717, 1.165) is 27.8 Å². The molecule has 110 valence electrons. The quantitative estimate of drug-likeness (QED) is 0.716. The minimum Gasteiger partial charge on any atom is -0.342 e. The second-order valence-electron chi connectivity index (χ2n) is 5.33. The number of hydrogen-bond acceptors (Lipinski definition) is 2. The average Bonchev–Trinajstić information content (AvgIpc) is 2.95. The molecule has 21 heavy (non-hydrogen) atoms. The van der Waals surface area contributed by atoms with Crippen LogP contribution < -0.4 is 5.73 Å². The largest absolute Gasteiger partial charge is 0.342 e. The second kappa shape index (κ2) is 6.01. The van der Waals surface area contributed by atoms with Gasteiger partial charge in [0.1, 0.15) is 0 Å². The molecule has 2 aromatic heterocycles. The Morgan fingerprint density at radius 3 is 2.71 bits per heavy atom. The van der Waals surface area contributed by atoms with Crippen LogP contribution in [0.4, 0.5) is 0 Å². The molecule has 5 heteroatoms. The second-order valence-corrected chi connectivity index (χ2v) is 7.57. The van der Waals surface area contributed by atoms with Crippen molar-refractivity contribution in [2.24, 2.45) is 5.73 Å². The average molecular weight is 339 g/mol. The van der Waals surface area contributed by atoms with Gasteiger partial charge in [-0.25, -0.2) is 0 Å². The molecule has 0 aliphatic heterocycles. The van der Waals surface area contributed by atoms with Crippen molar-refractivity contribution in [1.82, 2.24) is 4.57 Å². The van der Waals surface area contributed by atoms with Crippen molar-refractivity contribution in [2.75, 3.05) is 0 Å². The van der Waals surface area contributed by atoms with Gasteiger partial charge in [-0.1, -0.05) is 29.3 Å². The predicted octanol–water partition coefficient (Wildman–Crippen LogP) is 4.95. The van der Waals surface area contributed by atoms with E-state index in [4.69, 9.17) is 28.9 Å². The van der Waals surface area contributed by atoms with Crippen LogP contribution >= 0.6 is 34.5 Å². The Bertz CT molecular complexity index is 774. The molecule has 0 amide bonds. The zero-order valence-corrected chi connectivity index (χ0v) is 14.0. The van der Waals surface area contributed by atoms with Crippen molar-refractivity contribution in [2.45, 2.75) is 25.9 Å². The summed E-state index contributed by atoms with van der Waals surface area (Å²) in [5.74, 6) is 0. The van der Waals surface area contributed by atoms with Gasteiger partial charge in [-0.05, 0) is 43.2 Å². The van der Waals surface area contributed by atoms with Gasteiger partial charge in [0.25, 0.3) is 0 Å². The molecule has 0 saturated carbocycles. The van der Waals surface area contributed by atoms with Crippen molar-refractivity contribution < 1.29 is 0 Å². The van der Waals surface area contributed by atoms with E-state index in [1.165, 1.54) is 15.8 Å². The van der Waals surface area contributed by atoms with Gasteiger partial charge >= 0.3 is 0 Å². The smallest absolute Gasteiger partial charge is 0.0931 e. The SMILES string of the molecule is CC(N)Cc1cn(Cc2ccc(Cl)s2)c2cc(Cl)ccc12. The minimum absolute atomic E-state index is 0.135. The summed E-state index contributed by atoms with van der Waals surface area (Å²) in [6, 6.07) is 10.2. The highest BCUT2D eigenvalue weighted by molar-refractivity contribution is 7.16. The number of benzene rings is 1. The van der Waals surface area contributed by atoms with Gasteiger partial charge in [0.15, 0.2) is 0 Å². The molecule has 0 aliphatic carbocycles. The van der Waals surface area contributed by atoms with E-state index in [9.17, 15) is 0 Å². The predicted molar refractivity (Wildman–Crippen MR) is 92.7 cm³/mol. The van der Waals surface area contributed by atoms with Crippen LogP contribution in [-0.2, 0) is 13.0 Å². The fourth-order valence-corrected chi connectivity index (χ4v) is 3.84. The summed E-state index contributed by atoms with van der Waals surface area (Å²) in [7, 11) is 0. The standard InChI is InChI=1S/C16H16Cl2N2S/c1-10(19)6-11-8-20(9-13-3-5-16(18)21-13)15-7-12(17)2-4-14(11)15/h2-5,7-8,10H,6,9,19H2,1H3. The van der Waals surface area contributed by atoms with Crippen LogP contribution in [0, 0.1) is 0 Å². The Hall–Kier alpha value is -1.00. The van der Waals surface area contributed by atoms with Crippen LogP contribution in [0.5, 0.6) is 0 Å². The first-order valence-electron chi connectivity index (χ1n) is 6.80. The molecule has 0 saturated heterocycles.